The van der Waals surface area contributed by atoms with Gasteiger partial charge in [0.1, 0.15) is 0 Å². The number of phosphoric acid groups is 1. The number of rotatable bonds is 0. The molecule has 0 aromatic heterocycles. The molecule has 7 heteroatoms. The third-order valence-electron chi connectivity index (χ3n) is 0. The molecular formula is H8BeNO4P. The molecule has 0 spiro atoms. The molecule has 0 aliphatic heterocycles. The van der Waals surface area contributed by atoms with Gasteiger partial charge in [-0.05, 0) is 0 Å². The third-order valence-corrected chi connectivity index (χ3v) is 0. The van der Waals surface area contributed by atoms with Crippen molar-refractivity contribution >= 4 is 17.9 Å². The van der Waals surface area contributed by atoms with Crippen molar-refractivity contribution in [3.05, 3.63) is 0 Å². The monoisotopic (exact) mass is 126 g/mol. The molecule has 0 rings (SSSR count). The molecule has 0 aliphatic rings. The van der Waals surface area contributed by atoms with Crippen LogP contribution in [-0.4, -0.2) is 24.8 Å². The van der Waals surface area contributed by atoms with E-state index >= 15 is 0 Å². The van der Waals surface area contributed by atoms with Crippen LogP contribution in [0.5, 0.6) is 0 Å². The molecule has 0 fully saturated rings. The maximum atomic E-state index is 8.88. The minimum atomic E-state index is -4.64. The third kappa shape index (κ3) is 1970. The van der Waals surface area contributed by atoms with Crippen LogP contribution < -0.4 is 6.15 Å². The Morgan fingerprint density at radius 3 is 1.14 bits per heavy atom. The molecular weight excluding hydrogens is 118 g/mol. The quantitative estimate of drug-likeness (QED) is 0.228. The summed E-state index contributed by atoms with van der Waals surface area (Å²) in [5.41, 5.74) is 0. The summed E-state index contributed by atoms with van der Waals surface area (Å²) in [6.45, 7) is 0. The van der Waals surface area contributed by atoms with Gasteiger partial charge in [0.05, 0.1) is 0 Å². The Morgan fingerprint density at radius 1 is 1.14 bits per heavy atom. The summed E-state index contributed by atoms with van der Waals surface area (Å²) in [5.74, 6) is 0. The van der Waals surface area contributed by atoms with Gasteiger partial charge < -0.3 is 20.8 Å². The first-order chi connectivity index (χ1) is 2.00. The molecule has 0 amide bonds. The topological polar surface area (TPSA) is 113 Å². The van der Waals surface area contributed by atoms with Crippen LogP contribution in [0, 0.1) is 0 Å². The summed E-state index contributed by atoms with van der Waals surface area (Å²) >= 11 is 0. The summed E-state index contributed by atoms with van der Waals surface area (Å²) in [4.78, 5) is 21.6. The van der Waals surface area contributed by atoms with E-state index in [1.54, 1.807) is 0 Å². The van der Waals surface area contributed by atoms with Gasteiger partial charge in [-0.25, -0.2) is 4.57 Å². The van der Waals surface area contributed by atoms with E-state index in [-0.39, 0.29) is 16.3 Å². The van der Waals surface area contributed by atoms with E-state index in [0.29, 0.717) is 0 Å². The van der Waals surface area contributed by atoms with Crippen LogP contribution in [-0.2, 0) is 4.57 Å². The van der Waals surface area contributed by atoms with Crippen molar-refractivity contribution < 1.29 is 19.2 Å². The molecule has 0 heterocycles. The Hall–Kier alpha value is 0.239. The Labute approximate surface area is 44.4 Å². The van der Waals surface area contributed by atoms with Gasteiger partial charge in [-0.3, -0.25) is 0 Å². The first-order valence-electron chi connectivity index (χ1n) is 0.783. The van der Waals surface area contributed by atoms with Crippen LogP contribution in [0.4, 0.5) is 0 Å². The summed E-state index contributed by atoms with van der Waals surface area (Å²) in [5, 5.41) is 0. The molecule has 0 bridgehead atoms. The van der Waals surface area contributed by atoms with Crippen LogP contribution in [0.2, 0.25) is 0 Å². The Morgan fingerprint density at radius 2 is 1.14 bits per heavy atom. The summed E-state index contributed by atoms with van der Waals surface area (Å²) in [6.07, 6.45) is 0. The Balaban J connectivity index is -0.0000000800. The number of hydrogen-bond donors (Lipinski definition) is 4. The normalized spacial score (nSPS) is 8.43. The van der Waals surface area contributed by atoms with E-state index in [4.69, 9.17) is 19.2 Å². The van der Waals surface area contributed by atoms with Gasteiger partial charge in [0.25, 0.3) is 0 Å². The van der Waals surface area contributed by atoms with Crippen molar-refractivity contribution in [1.29, 1.82) is 0 Å². The SMILES string of the molecule is N.O=P(O)(O)O.[BeH2]. The first kappa shape index (κ1) is 15.7. The zero-order valence-electron chi connectivity index (χ0n) is 2.90. The molecule has 0 saturated heterocycles. The maximum absolute atomic E-state index is 8.88. The fraction of sp³-hybridized carbons (Fsp3) is 0. The van der Waals surface area contributed by atoms with E-state index in [1.165, 1.54) is 0 Å². The number of hydrogen-bond acceptors (Lipinski definition) is 2. The van der Waals surface area contributed by atoms with Gasteiger partial charge in [0, 0.05) is 0 Å². The van der Waals surface area contributed by atoms with Crippen molar-refractivity contribution in [2.75, 3.05) is 0 Å². The van der Waals surface area contributed by atoms with Crippen molar-refractivity contribution in [2.45, 2.75) is 0 Å². The summed E-state index contributed by atoms with van der Waals surface area (Å²) in [6, 6.07) is 0. The van der Waals surface area contributed by atoms with Crippen LogP contribution in [0.15, 0.2) is 0 Å². The molecule has 0 unspecified atom stereocenters. The Kier molecular flexibility index (Phi) is 9.85. The molecule has 6 N–H and O–H groups in total. The van der Waals surface area contributed by atoms with E-state index < -0.39 is 7.82 Å². The second kappa shape index (κ2) is 4.40. The van der Waals surface area contributed by atoms with Gasteiger partial charge in [-0.1, -0.05) is 0 Å². The molecule has 0 radical (unpaired) electrons. The average molecular weight is 126 g/mol. The van der Waals surface area contributed by atoms with Crippen LogP contribution in [0.25, 0.3) is 0 Å². The van der Waals surface area contributed by atoms with E-state index in [9.17, 15) is 0 Å². The van der Waals surface area contributed by atoms with Gasteiger partial charge in [-0.15, -0.1) is 0 Å². The standard InChI is InChI=1S/Be.H3N.H3O4P.2H/c;;1-5(2,3)4;;/h;1H3;(H3,1,2,3,4);;. The average Bonchev–Trinajstić information content (AvgIpc) is 0.722. The van der Waals surface area contributed by atoms with E-state index in [1.807, 2.05) is 0 Å². The van der Waals surface area contributed by atoms with E-state index in [0.717, 1.165) is 0 Å². The fourth-order valence-corrected chi connectivity index (χ4v) is 0. The zero-order valence-corrected chi connectivity index (χ0v) is 3.80. The summed E-state index contributed by atoms with van der Waals surface area (Å²) < 4.78 is 8.88. The Bertz CT molecular complexity index is 57.8. The molecule has 0 aromatic rings. The van der Waals surface area contributed by atoms with Crippen molar-refractivity contribution in [2.24, 2.45) is 0 Å². The van der Waals surface area contributed by atoms with Gasteiger partial charge >= 0.3 is 17.9 Å². The second-order valence-corrected chi connectivity index (χ2v) is 1.54. The van der Waals surface area contributed by atoms with Gasteiger partial charge in [0.15, 0.2) is 0 Å². The van der Waals surface area contributed by atoms with E-state index in [2.05, 4.69) is 0 Å². The van der Waals surface area contributed by atoms with Crippen LogP contribution in [0.1, 0.15) is 0 Å². The molecule has 0 atom stereocenters. The molecule has 7 heavy (non-hydrogen) atoms. The minimum absolute atomic E-state index is 0. The van der Waals surface area contributed by atoms with Crippen LogP contribution in [0.3, 0.4) is 0 Å². The first-order valence-corrected chi connectivity index (χ1v) is 2.35. The summed E-state index contributed by atoms with van der Waals surface area (Å²) in [7, 11) is -4.64. The van der Waals surface area contributed by atoms with Crippen molar-refractivity contribution in [1.82, 2.24) is 6.15 Å². The molecule has 5 nitrogen and oxygen atoms in total. The van der Waals surface area contributed by atoms with Crippen molar-refractivity contribution in [3.8, 4) is 0 Å². The second-order valence-electron chi connectivity index (χ2n) is 0.513. The molecule has 44 valence electrons. The molecule has 0 aromatic carbocycles. The predicted molar refractivity (Wildman–Crippen MR) is 27.8 cm³/mol. The van der Waals surface area contributed by atoms with Crippen LogP contribution >= 0.6 is 7.82 Å². The molecule has 0 saturated carbocycles. The zero-order chi connectivity index (χ0) is 4.50. The van der Waals surface area contributed by atoms with Crippen molar-refractivity contribution in [3.63, 3.8) is 0 Å². The molecule has 0 aliphatic carbocycles. The van der Waals surface area contributed by atoms with Gasteiger partial charge in [0.2, 0.25) is 0 Å². The fourth-order valence-electron chi connectivity index (χ4n) is 0. The van der Waals surface area contributed by atoms with Gasteiger partial charge in [-0.2, -0.15) is 0 Å². The predicted octanol–water partition coefficient (Wildman–Crippen LogP) is -1.68.